The summed E-state index contributed by atoms with van der Waals surface area (Å²) in [6, 6.07) is 18.1. The minimum atomic E-state index is -0.613. The van der Waals surface area contributed by atoms with E-state index in [1.54, 1.807) is 11.8 Å². The van der Waals surface area contributed by atoms with Gasteiger partial charge < -0.3 is 19.3 Å². The van der Waals surface area contributed by atoms with Gasteiger partial charge in [0, 0.05) is 39.4 Å². The van der Waals surface area contributed by atoms with Gasteiger partial charge >= 0.3 is 0 Å². The standard InChI is InChI=1S/C27H37N3O4/c1-20(2)33-19-23(31)17-30(15-16-32-5)18-25-26(22-9-7-6-8-10-22)28-29(4)27(25)34-24-13-11-21(3)12-14-24/h6-14,20,23,31H,15-19H2,1-5H3. The second-order valence-electron chi connectivity index (χ2n) is 8.80. The van der Waals surface area contributed by atoms with Crippen molar-refractivity contribution < 1.29 is 19.3 Å². The van der Waals surface area contributed by atoms with Crippen molar-refractivity contribution in [1.82, 2.24) is 14.7 Å². The third kappa shape index (κ3) is 7.40. The molecule has 1 unspecified atom stereocenters. The normalized spacial score (nSPS) is 12.5. The van der Waals surface area contributed by atoms with Gasteiger partial charge in [-0.25, -0.2) is 4.68 Å². The summed E-state index contributed by atoms with van der Waals surface area (Å²) in [7, 11) is 3.58. The van der Waals surface area contributed by atoms with Gasteiger partial charge in [-0.15, -0.1) is 0 Å². The Hall–Kier alpha value is -2.71. The highest BCUT2D eigenvalue weighted by Gasteiger charge is 2.23. The van der Waals surface area contributed by atoms with Crippen LogP contribution in [0.15, 0.2) is 54.6 Å². The summed E-state index contributed by atoms with van der Waals surface area (Å²) in [6.45, 7) is 8.46. The maximum atomic E-state index is 10.6. The van der Waals surface area contributed by atoms with E-state index in [0.717, 1.165) is 22.6 Å². The van der Waals surface area contributed by atoms with Crippen molar-refractivity contribution in [3.63, 3.8) is 0 Å². The number of ether oxygens (including phenoxy) is 3. The van der Waals surface area contributed by atoms with Gasteiger partial charge in [0.15, 0.2) is 0 Å². The predicted molar refractivity (Wildman–Crippen MR) is 134 cm³/mol. The largest absolute Gasteiger partial charge is 0.439 e. The Morgan fingerprint density at radius 3 is 2.41 bits per heavy atom. The topological polar surface area (TPSA) is 69.0 Å². The van der Waals surface area contributed by atoms with Gasteiger partial charge in [0.2, 0.25) is 5.88 Å². The van der Waals surface area contributed by atoms with Gasteiger partial charge in [-0.3, -0.25) is 4.90 Å². The van der Waals surface area contributed by atoms with Gasteiger partial charge in [-0.1, -0.05) is 48.0 Å². The van der Waals surface area contributed by atoms with Crippen LogP contribution in [0.25, 0.3) is 11.3 Å². The van der Waals surface area contributed by atoms with Crippen molar-refractivity contribution in [1.29, 1.82) is 0 Å². The molecule has 3 rings (SSSR count). The van der Waals surface area contributed by atoms with E-state index in [2.05, 4.69) is 11.8 Å². The molecule has 7 heteroatoms. The van der Waals surface area contributed by atoms with Crippen LogP contribution in [0.2, 0.25) is 0 Å². The molecule has 0 aliphatic rings. The molecule has 34 heavy (non-hydrogen) atoms. The summed E-state index contributed by atoms with van der Waals surface area (Å²) in [6.07, 6.45) is -0.544. The molecule has 1 atom stereocenters. The highest BCUT2D eigenvalue weighted by atomic mass is 16.5. The third-order valence-corrected chi connectivity index (χ3v) is 5.45. The van der Waals surface area contributed by atoms with Crippen LogP contribution in [0.1, 0.15) is 25.0 Å². The summed E-state index contributed by atoms with van der Waals surface area (Å²) in [5, 5.41) is 15.4. The number of nitrogens with zero attached hydrogens (tertiary/aromatic N) is 3. The van der Waals surface area contributed by atoms with E-state index in [1.165, 1.54) is 5.56 Å². The predicted octanol–water partition coefficient (Wildman–Crippen LogP) is 4.42. The highest BCUT2D eigenvalue weighted by Crippen LogP contribution is 2.34. The van der Waals surface area contributed by atoms with Gasteiger partial charge in [-0.05, 0) is 32.9 Å². The maximum absolute atomic E-state index is 10.6. The number of aromatic nitrogens is 2. The van der Waals surface area contributed by atoms with Crippen molar-refractivity contribution in [2.45, 2.75) is 39.5 Å². The Kier molecular flexibility index (Phi) is 9.65. The van der Waals surface area contributed by atoms with E-state index in [-0.39, 0.29) is 12.7 Å². The van der Waals surface area contributed by atoms with E-state index in [9.17, 15) is 5.11 Å². The summed E-state index contributed by atoms with van der Waals surface area (Å²) in [5.41, 5.74) is 4.01. The summed E-state index contributed by atoms with van der Waals surface area (Å²) in [4.78, 5) is 2.16. The first-order valence-corrected chi connectivity index (χ1v) is 11.7. The van der Waals surface area contributed by atoms with Crippen molar-refractivity contribution in [2.75, 3.05) is 33.4 Å². The molecular weight excluding hydrogens is 430 g/mol. The molecule has 0 spiro atoms. The fraction of sp³-hybridized carbons (Fsp3) is 0.444. The molecule has 0 saturated heterocycles. The van der Waals surface area contributed by atoms with Gasteiger partial charge in [0.1, 0.15) is 11.4 Å². The Labute approximate surface area is 202 Å². The van der Waals surface area contributed by atoms with Crippen LogP contribution in [0.5, 0.6) is 11.6 Å². The zero-order chi connectivity index (χ0) is 24.5. The fourth-order valence-corrected chi connectivity index (χ4v) is 3.70. The maximum Gasteiger partial charge on any atom is 0.222 e. The number of aliphatic hydroxyl groups is 1. The molecule has 2 aromatic carbocycles. The molecule has 184 valence electrons. The monoisotopic (exact) mass is 467 g/mol. The Morgan fingerprint density at radius 2 is 1.76 bits per heavy atom. The lowest BCUT2D eigenvalue weighted by atomic mass is 10.1. The van der Waals surface area contributed by atoms with Crippen molar-refractivity contribution >= 4 is 0 Å². The summed E-state index contributed by atoms with van der Waals surface area (Å²) < 4.78 is 19.1. The lowest BCUT2D eigenvalue weighted by molar-refractivity contribution is -0.0121. The van der Waals surface area contributed by atoms with Crippen molar-refractivity contribution in [3.8, 4) is 22.9 Å². The molecule has 0 saturated carbocycles. The summed E-state index contributed by atoms with van der Waals surface area (Å²) >= 11 is 0. The number of rotatable bonds is 13. The molecule has 0 amide bonds. The molecule has 1 heterocycles. The van der Waals surface area contributed by atoms with Crippen molar-refractivity contribution in [2.24, 2.45) is 7.05 Å². The molecular formula is C27H37N3O4. The van der Waals surface area contributed by atoms with E-state index >= 15 is 0 Å². The Bertz CT molecular complexity index is 1000. The van der Waals surface area contributed by atoms with Crippen LogP contribution >= 0.6 is 0 Å². The SMILES string of the molecule is COCCN(Cc1c(-c2ccccc2)nn(C)c1Oc1ccc(C)cc1)CC(O)COC(C)C. The first-order chi connectivity index (χ1) is 16.4. The van der Waals surface area contributed by atoms with E-state index < -0.39 is 6.10 Å². The second kappa shape index (κ2) is 12.7. The molecule has 0 aliphatic carbocycles. The first-order valence-electron chi connectivity index (χ1n) is 11.7. The molecule has 1 N–H and O–H groups in total. The van der Waals surface area contributed by atoms with Gasteiger partial charge in [-0.2, -0.15) is 5.10 Å². The third-order valence-electron chi connectivity index (χ3n) is 5.45. The molecule has 0 radical (unpaired) electrons. The first kappa shape index (κ1) is 25.9. The zero-order valence-corrected chi connectivity index (χ0v) is 20.9. The molecule has 3 aromatic rings. The van der Waals surface area contributed by atoms with E-state index in [0.29, 0.717) is 32.1 Å². The molecule has 0 bridgehead atoms. The van der Waals surface area contributed by atoms with E-state index in [4.69, 9.17) is 19.3 Å². The van der Waals surface area contributed by atoms with Crippen LogP contribution < -0.4 is 4.74 Å². The van der Waals surface area contributed by atoms with Gasteiger partial charge in [0.25, 0.3) is 0 Å². The van der Waals surface area contributed by atoms with Crippen molar-refractivity contribution in [3.05, 3.63) is 65.7 Å². The Morgan fingerprint density at radius 1 is 1.06 bits per heavy atom. The number of hydrogen-bond acceptors (Lipinski definition) is 6. The minimum absolute atomic E-state index is 0.0691. The number of methoxy groups -OCH3 is 1. The zero-order valence-electron chi connectivity index (χ0n) is 20.9. The molecule has 7 nitrogen and oxygen atoms in total. The lowest BCUT2D eigenvalue weighted by Gasteiger charge is -2.25. The summed E-state index contributed by atoms with van der Waals surface area (Å²) in [5.74, 6) is 1.43. The highest BCUT2D eigenvalue weighted by molar-refractivity contribution is 5.65. The van der Waals surface area contributed by atoms with Gasteiger partial charge in [0.05, 0.1) is 31.0 Å². The second-order valence-corrected chi connectivity index (χ2v) is 8.80. The molecule has 0 aliphatic heterocycles. The number of benzene rings is 2. The smallest absolute Gasteiger partial charge is 0.222 e. The Balaban J connectivity index is 1.93. The van der Waals surface area contributed by atoms with Crippen LogP contribution in [0.3, 0.4) is 0 Å². The quantitative estimate of drug-likeness (QED) is 0.401. The average Bonchev–Trinajstić information content (AvgIpc) is 3.13. The fourth-order valence-electron chi connectivity index (χ4n) is 3.70. The number of hydrogen-bond donors (Lipinski definition) is 1. The average molecular weight is 468 g/mol. The van der Waals surface area contributed by atoms with Crippen LogP contribution in [0, 0.1) is 6.92 Å². The van der Waals surface area contributed by atoms with Crippen LogP contribution in [-0.4, -0.2) is 65.4 Å². The lowest BCUT2D eigenvalue weighted by Crippen LogP contribution is -2.37. The van der Waals surface area contributed by atoms with Crippen LogP contribution in [-0.2, 0) is 23.1 Å². The van der Waals surface area contributed by atoms with Crippen LogP contribution in [0.4, 0.5) is 0 Å². The number of aryl methyl sites for hydroxylation is 2. The molecule has 1 aromatic heterocycles. The molecule has 0 fully saturated rings. The minimum Gasteiger partial charge on any atom is -0.439 e. The van der Waals surface area contributed by atoms with E-state index in [1.807, 2.05) is 75.5 Å². The number of aliphatic hydroxyl groups excluding tert-OH is 1.